The van der Waals surface area contributed by atoms with E-state index in [1.165, 1.54) is 18.4 Å². The van der Waals surface area contributed by atoms with Gasteiger partial charge in [-0.15, -0.1) is 11.3 Å². The molecule has 0 unspecified atom stereocenters. The van der Waals surface area contributed by atoms with Gasteiger partial charge in [0.15, 0.2) is 0 Å². The van der Waals surface area contributed by atoms with E-state index in [1.807, 2.05) is 0 Å². The Hall–Kier alpha value is -1.91. The highest BCUT2D eigenvalue weighted by atomic mass is 79.9. The summed E-state index contributed by atoms with van der Waals surface area (Å²) in [5.41, 5.74) is 1.69. The van der Waals surface area contributed by atoms with Crippen molar-refractivity contribution >= 4 is 59.9 Å². The van der Waals surface area contributed by atoms with Crippen molar-refractivity contribution in [1.29, 1.82) is 0 Å². The lowest BCUT2D eigenvalue weighted by Gasteiger charge is -2.22. The van der Waals surface area contributed by atoms with Crippen LogP contribution in [0.25, 0.3) is 0 Å². The lowest BCUT2D eigenvalue weighted by molar-refractivity contribution is -0.114. The second-order valence-electron chi connectivity index (χ2n) is 6.70. The summed E-state index contributed by atoms with van der Waals surface area (Å²) in [6.45, 7) is -0.399. The molecule has 1 N–H and O–H groups in total. The molecule has 156 valence electrons. The molecule has 1 aromatic carbocycles. The summed E-state index contributed by atoms with van der Waals surface area (Å²) in [4.78, 5) is 26.1. The maximum Gasteiger partial charge on any atom is 0.341 e. The molecule has 2 aromatic rings. The molecule has 0 aliphatic heterocycles. The summed E-state index contributed by atoms with van der Waals surface area (Å²) in [5.74, 6) is -1.02. The average Bonchev–Trinajstić information content (AvgIpc) is 3.03. The van der Waals surface area contributed by atoms with Crippen LogP contribution in [0.2, 0.25) is 0 Å². The number of nitrogens with one attached hydrogen (secondary N) is 1. The Morgan fingerprint density at radius 2 is 1.86 bits per heavy atom. The largest absolute Gasteiger partial charge is 0.465 e. The van der Waals surface area contributed by atoms with Gasteiger partial charge in [0.05, 0.1) is 24.6 Å². The Kier molecular flexibility index (Phi) is 6.65. The van der Waals surface area contributed by atoms with Gasteiger partial charge in [-0.25, -0.2) is 13.2 Å². The first-order valence-electron chi connectivity index (χ1n) is 8.96. The number of aryl methyl sites for hydroxylation is 1. The SMILES string of the molecule is COC(=O)c1c(NC(=O)CN(c2ccc(Br)cc2)S(C)(=O)=O)sc2c1CCCC2. The molecule has 0 fully saturated rings. The van der Waals surface area contributed by atoms with Crippen LogP contribution in [0, 0.1) is 0 Å². The van der Waals surface area contributed by atoms with Gasteiger partial charge in [-0.3, -0.25) is 9.10 Å². The first kappa shape index (κ1) is 21.8. The predicted octanol–water partition coefficient (Wildman–Crippen LogP) is 3.58. The maximum absolute atomic E-state index is 12.7. The number of hydrogen-bond acceptors (Lipinski definition) is 6. The molecule has 0 radical (unpaired) electrons. The van der Waals surface area contributed by atoms with Crippen molar-refractivity contribution in [3.8, 4) is 0 Å². The van der Waals surface area contributed by atoms with Gasteiger partial charge in [0.2, 0.25) is 15.9 Å². The molecule has 10 heteroatoms. The molecule has 0 bridgehead atoms. The van der Waals surface area contributed by atoms with Gasteiger partial charge in [0, 0.05) is 9.35 Å². The number of anilines is 2. The van der Waals surface area contributed by atoms with Crippen LogP contribution in [0.3, 0.4) is 0 Å². The van der Waals surface area contributed by atoms with Crippen molar-refractivity contribution in [2.45, 2.75) is 25.7 Å². The summed E-state index contributed by atoms with van der Waals surface area (Å²) < 4.78 is 31.2. The van der Waals surface area contributed by atoms with Crippen LogP contribution in [0.4, 0.5) is 10.7 Å². The van der Waals surface area contributed by atoms with Crippen LogP contribution in [0.15, 0.2) is 28.7 Å². The number of carbonyl (C=O) groups is 2. The van der Waals surface area contributed by atoms with Crippen molar-refractivity contribution in [1.82, 2.24) is 0 Å². The summed E-state index contributed by atoms with van der Waals surface area (Å²) in [7, 11) is -2.38. The number of amides is 1. The number of halogens is 1. The minimum atomic E-state index is -3.68. The minimum absolute atomic E-state index is 0.379. The molecule has 1 aromatic heterocycles. The summed E-state index contributed by atoms with van der Waals surface area (Å²) >= 11 is 4.67. The zero-order valence-electron chi connectivity index (χ0n) is 16.0. The second-order valence-corrected chi connectivity index (χ2v) is 10.6. The Balaban J connectivity index is 1.86. The van der Waals surface area contributed by atoms with Crippen LogP contribution in [-0.4, -0.2) is 40.2 Å². The van der Waals surface area contributed by atoms with Crippen LogP contribution in [-0.2, 0) is 32.4 Å². The third-order valence-corrected chi connectivity index (χ3v) is 7.49. The van der Waals surface area contributed by atoms with Crippen molar-refractivity contribution in [2.24, 2.45) is 0 Å². The Morgan fingerprint density at radius 3 is 2.48 bits per heavy atom. The van der Waals surface area contributed by atoms with Gasteiger partial charge in [-0.1, -0.05) is 15.9 Å². The fourth-order valence-corrected chi connectivity index (χ4v) is 5.69. The highest BCUT2D eigenvalue weighted by Crippen LogP contribution is 2.38. The molecular formula is C19H21BrN2O5S2. The molecule has 1 aliphatic rings. The molecule has 29 heavy (non-hydrogen) atoms. The Labute approximate surface area is 182 Å². The number of benzene rings is 1. The lowest BCUT2D eigenvalue weighted by atomic mass is 9.95. The van der Waals surface area contributed by atoms with Gasteiger partial charge >= 0.3 is 5.97 Å². The number of sulfonamides is 1. The Morgan fingerprint density at radius 1 is 1.21 bits per heavy atom. The molecule has 0 saturated carbocycles. The van der Waals surface area contributed by atoms with Crippen molar-refractivity contribution in [3.63, 3.8) is 0 Å². The fraction of sp³-hybridized carbons (Fsp3) is 0.368. The third-order valence-electron chi connectivity index (χ3n) is 4.62. The van der Waals surface area contributed by atoms with E-state index in [0.29, 0.717) is 16.3 Å². The average molecular weight is 501 g/mol. The molecule has 7 nitrogen and oxygen atoms in total. The molecule has 3 rings (SSSR count). The van der Waals surface area contributed by atoms with Gasteiger partial charge < -0.3 is 10.1 Å². The van der Waals surface area contributed by atoms with E-state index < -0.39 is 28.4 Å². The summed E-state index contributed by atoms with van der Waals surface area (Å²) in [6, 6.07) is 6.63. The van der Waals surface area contributed by atoms with E-state index in [2.05, 4.69) is 21.2 Å². The molecule has 0 spiro atoms. The van der Waals surface area contributed by atoms with Gasteiger partial charge in [-0.05, 0) is 55.5 Å². The van der Waals surface area contributed by atoms with Gasteiger partial charge in [0.1, 0.15) is 11.5 Å². The molecule has 1 aliphatic carbocycles. The number of rotatable bonds is 6. The number of hydrogen-bond donors (Lipinski definition) is 1. The first-order valence-corrected chi connectivity index (χ1v) is 12.4. The maximum atomic E-state index is 12.7. The van der Waals surface area contributed by atoms with Crippen molar-refractivity contribution in [2.75, 3.05) is 29.5 Å². The molecule has 0 atom stereocenters. The number of fused-ring (bicyclic) bond motifs is 1. The summed E-state index contributed by atoms with van der Waals surface area (Å²) in [6.07, 6.45) is 4.68. The lowest BCUT2D eigenvalue weighted by Crippen LogP contribution is -2.37. The standard InChI is InChI=1S/C19H21BrN2O5S2/c1-27-19(24)17-14-5-3-4-6-15(14)28-18(17)21-16(23)11-22(29(2,25)26)13-9-7-12(20)8-10-13/h7-10H,3-6,11H2,1-2H3,(H,21,23). The number of nitrogens with zero attached hydrogens (tertiary/aromatic N) is 1. The smallest absolute Gasteiger partial charge is 0.341 e. The van der Waals surface area contributed by atoms with E-state index in [4.69, 9.17) is 4.74 Å². The number of esters is 1. The molecule has 1 heterocycles. The van der Waals surface area contributed by atoms with E-state index in [1.54, 1.807) is 24.3 Å². The molecular weight excluding hydrogens is 480 g/mol. The van der Waals surface area contributed by atoms with E-state index >= 15 is 0 Å². The van der Waals surface area contributed by atoms with Crippen molar-refractivity contribution in [3.05, 3.63) is 44.7 Å². The van der Waals surface area contributed by atoms with Crippen LogP contribution in [0.5, 0.6) is 0 Å². The van der Waals surface area contributed by atoms with E-state index in [-0.39, 0.29) is 0 Å². The quantitative estimate of drug-likeness (QED) is 0.611. The highest BCUT2D eigenvalue weighted by molar-refractivity contribution is 9.10. The normalized spacial score (nSPS) is 13.5. The fourth-order valence-electron chi connectivity index (χ4n) is 3.28. The second kappa shape index (κ2) is 8.85. The van der Waals surface area contributed by atoms with Gasteiger partial charge in [0.25, 0.3) is 0 Å². The van der Waals surface area contributed by atoms with E-state index in [9.17, 15) is 18.0 Å². The first-order chi connectivity index (χ1) is 13.7. The molecule has 0 saturated heterocycles. The number of carbonyl (C=O) groups excluding carboxylic acids is 2. The summed E-state index contributed by atoms with van der Waals surface area (Å²) in [5, 5.41) is 3.14. The monoisotopic (exact) mass is 500 g/mol. The Bertz CT molecular complexity index is 1030. The third kappa shape index (κ3) is 4.99. The predicted molar refractivity (Wildman–Crippen MR) is 117 cm³/mol. The minimum Gasteiger partial charge on any atom is -0.465 e. The number of methoxy groups -OCH3 is 1. The van der Waals surface area contributed by atoms with Crippen LogP contribution < -0.4 is 9.62 Å². The van der Waals surface area contributed by atoms with Crippen LogP contribution >= 0.6 is 27.3 Å². The topological polar surface area (TPSA) is 92.8 Å². The van der Waals surface area contributed by atoms with E-state index in [0.717, 1.165) is 51.2 Å². The zero-order chi connectivity index (χ0) is 21.2. The van der Waals surface area contributed by atoms with Crippen molar-refractivity contribution < 1.29 is 22.7 Å². The highest BCUT2D eigenvalue weighted by Gasteiger charge is 2.28. The number of ether oxygens (including phenoxy) is 1. The van der Waals surface area contributed by atoms with Gasteiger partial charge in [-0.2, -0.15) is 0 Å². The zero-order valence-corrected chi connectivity index (χ0v) is 19.2. The van der Waals surface area contributed by atoms with Crippen LogP contribution in [0.1, 0.15) is 33.6 Å². The molecule has 1 amide bonds. The number of thiophene rings is 1.